The average Bonchev–Trinajstić information content (AvgIpc) is 3.29. The van der Waals surface area contributed by atoms with E-state index in [1.165, 1.54) is 21.2 Å². The molecular weight excluding hydrogens is 404 g/mol. The van der Waals surface area contributed by atoms with E-state index in [4.69, 9.17) is 0 Å². The number of hydrogen-bond acceptors (Lipinski definition) is 4. The number of rotatable bonds is 5. The quantitative estimate of drug-likeness (QED) is 0.669. The summed E-state index contributed by atoms with van der Waals surface area (Å²) in [4.78, 5) is 13.1. The molecule has 1 N–H and O–H groups in total. The van der Waals surface area contributed by atoms with Gasteiger partial charge < -0.3 is 5.32 Å². The summed E-state index contributed by atoms with van der Waals surface area (Å²) in [5.74, 6) is -0.316. The lowest BCUT2D eigenvalue weighted by atomic mass is 9.95. The normalized spacial score (nSPS) is 16.9. The second kappa shape index (κ2) is 8.10. The van der Waals surface area contributed by atoms with E-state index < -0.39 is 16.1 Å². The molecule has 0 spiro atoms. The molecule has 1 aliphatic heterocycles. The van der Waals surface area contributed by atoms with E-state index in [-0.39, 0.29) is 16.7 Å². The zero-order valence-corrected chi connectivity index (χ0v) is 17.7. The highest BCUT2D eigenvalue weighted by Crippen LogP contribution is 2.31. The van der Waals surface area contributed by atoms with Gasteiger partial charge in [0.2, 0.25) is 5.91 Å². The Morgan fingerprint density at radius 2 is 1.79 bits per heavy atom. The van der Waals surface area contributed by atoms with Crippen molar-refractivity contribution in [2.45, 2.75) is 36.6 Å². The smallest absolute Gasteiger partial charge is 0.253 e. The predicted molar refractivity (Wildman–Crippen MR) is 115 cm³/mol. The Hall–Kier alpha value is -2.48. The number of aryl methyl sites for hydroxylation is 1. The number of anilines is 1. The SMILES string of the molecule is CCc1ccc(NC(=O)C2Cc3ccccc3CN2S(=O)(=O)c2cccs2)cc1. The number of carbonyl (C=O) groups excluding carboxylic acids is 1. The minimum atomic E-state index is -3.77. The molecule has 0 bridgehead atoms. The maximum Gasteiger partial charge on any atom is 0.253 e. The third-order valence-electron chi connectivity index (χ3n) is 5.20. The Morgan fingerprint density at radius 3 is 2.45 bits per heavy atom. The lowest BCUT2D eigenvalue weighted by Crippen LogP contribution is -2.50. The van der Waals surface area contributed by atoms with Gasteiger partial charge in [-0.1, -0.05) is 49.4 Å². The zero-order chi connectivity index (χ0) is 20.4. The van der Waals surface area contributed by atoms with E-state index in [1.54, 1.807) is 17.5 Å². The molecule has 1 aromatic heterocycles. The molecule has 0 saturated heterocycles. The first kappa shape index (κ1) is 19.8. The highest BCUT2D eigenvalue weighted by molar-refractivity contribution is 7.91. The van der Waals surface area contributed by atoms with Crippen molar-refractivity contribution in [1.29, 1.82) is 0 Å². The lowest BCUT2D eigenvalue weighted by Gasteiger charge is -2.34. The number of nitrogens with zero attached hydrogens (tertiary/aromatic N) is 1. The third-order valence-corrected chi connectivity index (χ3v) is 8.42. The van der Waals surface area contributed by atoms with Gasteiger partial charge in [0.25, 0.3) is 10.0 Å². The molecule has 5 nitrogen and oxygen atoms in total. The summed E-state index contributed by atoms with van der Waals surface area (Å²) in [5.41, 5.74) is 3.78. The molecule has 2 heterocycles. The van der Waals surface area contributed by atoms with Crippen molar-refractivity contribution in [2.75, 3.05) is 5.32 Å². The van der Waals surface area contributed by atoms with Gasteiger partial charge in [-0.05, 0) is 53.1 Å². The standard InChI is InChI=1S/C22H22N2O3S2/c1-2-16-9-11-19(12-10-16)23-22(25)20-14-17-6-3-4-7-18(17)15-24(20)29(26,27)21-8-5-13-28-21/h3-13,20H,2,14-15H2,1H3,(H,23,25). The van der Waals surface area contributed by atoms with Crippen LogP contribution in [0, 0.1) is 0 Å². The molecular formula is C22H22N2O3S2. The fourth-order valence-electron chi connectivity index (χ4n) is 3.55. The van der Waals surface area contributed by atoms with Gasteiger partial charge in [0, 0.05) is 12.2 Å². The van der Waals surface area contributed by atoms with Crippen molar-refractivity contribution in [3.63, 3.8) is 0 Å². The molecule has 29 heavy (non-hydrogen) atoms. The van der Waals surface area contributed by atoms with Gasteiger partial charge in [-0.25, -0.2) is 8.42 Å². The van der Waals surface area contributed by atoms with Crippen molar-refractivity contribution in [2.24, 2.45) is 0 Å². The molecule has 1 amide bonds. The van der Waals surface area contributed by atoms with Crippen molar-refractivity contribution in [3.8, 4) is 0 Å². The highest BCUT2D eigenvalue weighted by Gasteiger charge is 2.40. The predicted octanol–water partition coefficient (Wildman–Crippen LogP) is 4.06. The first-order valence-electron chi connectivity index (χ1n) is 9.51. The van der Waals surface area contributed by atoms with Gasteiger partial charge in [-0.15, -0.1) is 11.3 Å². The topological polar surface area (TPSA) is 66.5 Å². The number of nitrogens with one attached hydrogen (secondary N) is 1. The molecule has 0 saturated carbocycles. The Morgan fingerprint density at radius 1 is 1.07 bits per heavy atom. The fourth-order valence-corrected chi connectivity index (χ4v) is 6.23. The number of fused-ring (bicyclic) bond motifs is 1. The minimum absolute atomic E-state index is 0.184. The molecule has 150 valence electrons. The molecule has 1 unspecified atom stereocenters. The molecule has 3 aromatic rings. The summed E-state index contributed by atoms with van der Waals surface area (Å²) in [6, 6.07) is 17.8. The van der Waals surface area contributed by atoms with E-state index in [1.807, 2.05) is 48.5 Å². The van der Waals surface area contributed by atoms with Crippen LogP contribution in [-0.2, 0) is 34.2 Å². The van der Waals surface area contributed by atoms with Crippen LogP contribution in [-0.4, -0.2) is 24.7 Å². The first-order chi connectivity index (χ1) is 14.0. The number of carbonyl (C=O) groups is 1. The van der Waals surface area contributed by atoms with Crippen LogP contribution >= 0.6 is 11.3 Å². The second-order valence-corrected chi connectivity index (χ2v) is 10.1. The zero-order valence-electron chi connectivity index (χ0n) is 16.0. The molecule has 0 fully saturated rings. The van der Waals surface area contributed by atoms with Gasteiger partial charge in [0.1, 0.15) is 10.3 Å². The summed E-state index contributed by atoms with van der Waals surface area (Å²) in [7, 11) is -3.77. The lowest BCUT2D eigenvalue weighted by molar-refractivity contribution is -0.120. The van der Waals surface area contributed by atoms with Gasteiger partial charge in [0.05, 0.1) is 0 Å². The number of thiophene rings is 1. The van der Waals surface area contributed by atoms with Gasteiger partial charge in [-0.3, -0.25) is 4.79 Å². The van der Waals surface area contributed by atoms with Crippen LogP contribution in [0.1, 0.15) is 23.6 Å². The summed E-state index contributed by atoms with van der Waals surface area (Å²) in [6.07, 6.45) is 1.26. The van der Waals surface area contributed by atoms with Gasteiger partial charge >= 0.3 is 0 Å². The van der Waals surface area contributed by atoms with Crippen LogP contribution in [0.15, 0.2) is 70.3 Å². The monoisotopic (exact) mass is 426 g/mol. The van der Waals surface area contributed by atoms with E-state index >= 15 is 0 Å². The van der Waals surface area contributed by atoms with E-state index in [2.05, 4.69) is 12.2 Å². The van der Waals surface area contributed by atoms with Crippen LogP contribution in [0.4, 0.5) is 5.69 Å². The van der Waals surface area contributed by atoms with E-state index in [0.29, 0.717) is 12.1 Å². The largest absolute Gasteiger partial charge is 0.325 e. The molecule has 4 rings (SSSR count). The summed E-state index contributed by atoms with van der Waals surface area (Å²) >= 11 is 1.17. The van der Waals surface area contributed by atoms with Crippen LogP contribution < -0.4 is 5.32 Å². The van der Waals surface area contributed by atoms with E-state index in [9.17, 15) is 13.2 Å². The van der Waals surface area contributed by atoms with Crippen molar-refractivity contribution in [1.82, 2.24) is 4.31 Å². The highest BCUT2D eigenvalue weighted by atomic mass is 32.2. The minimum Gasteiger partial charge on any atom is -0.325 e. The second-order valence-electron chi connectivity index (χ2n) is 7.01. The molecule has 1 atom stereocenters. The summed E-state index contributed by atoms with van der Waals surface area (Å²) < 4.78 is 28.1. The van der Waals surface area contributed by atoms with Crippen LogP contribution in [0.25, 0.3) is 0 Å². The summed E-state index contributed by atoms with van der Waals surface area (Å²) in [6.45, 7) is 2.25. The molecule has 7 heteroatoms. The van der Waals surface area contributed by atoms with Crippen molar-refractivity contribution >= 4 is 33.0 Å². The van der Waals surface area contributed by atoms with E-state index in [0.717, 1.165) is 17.5 Å². The Kier molecular flexibility index (Phi) is 5.54. The average molecular weight is 427 g/mol. The molecule has 0 radical (unpaired) electrons. The molecule has 0 aliphatic carbocycles. The Balaban J connectivity index is 1.66. The van der Waals surface area contributed by atoms with Gasteiger partial charge in [-0.2, -0.15) is 4.31 Å². The van der Waals surface area contributed by atoms with Crippen LogP contribution in [0.5, 0.6) is 0 Å². The maximum atomic E-state index is 13.3. The first-order valence-corrected chi connectivity index (χ1v) is 11.8. The van der Waals surface area contributed by atoms with Crippen molar-refractivity contribution < 1.29 is 13.2 Å². The molecule has 1 aliphatic rings. The maximum absolute atomic E-state index is 13.3. The summed E-state index contributed by atoms with van der Waals surface area (Å²) in [5, 5.41) is 4.63. The molecule has 2 aromatic carbocycles. The van der Waals surface area contributed by atoms with Crippen LogP contribution in [0.2, 0.25) is 0 Å². The number of amides is 1. The third kappa shape index (κ3) is 3.99. The number of sulfonamides is 1. The van der Waals surface area contributed by atoms with Crippen LogP contribution in [0.3, 0.4) is 0 Å². The van der Waals surface area contributed by atoms with Gasteiger partial charge in [0.15, 0.2) is 0 Å². The fraction of sp³-hybridized carbons (Fsp3) is 0.227. The number of hydrogen-bond donors (Lipinski definition) is 1. The van der Waals surface area contributed by atoms with Crippen molar-refractivity contribution in [3.05, 3.63) is 82.7 Å². The Labute approximate surface area is 175 Å². The number of benzene rings is 2. The Bertz CT molecular complexity index is 1110.